The second-order valence-electron chi connectivity index (χ2n) is 7.48. The minimum atomic E-state index is -0.341. The molecular formula is C20H27N3O3. The second-order valence-corrected chi connectivity index (χ2v) is 7.48. The van der Waals surface area contributed by atoms with Gasteiger partial charge in [0.15, 0.2) is 0 Å². The maximum Gasteiger partial charge on any atom is 0.240 e. The summed E-state index contributed by atoms with van der Waals surface area (Å²) in [6.07, 6.45) is 2.69. The molecule has 3 aliphatic rings. The third-order valence-electron chi connectivity index (χ3n) is 5.93. The topological polar surface area (TPSA) is 61.9 Å². The van der Waals surface area contributed by atoms with E-state index in [0.717, 1.165) is 44.5 Å². The van der Waals surface area contributed by atoms with Crippen molar-refractivity contribution >= 4 is 11.8 Å². The van der Waals surface area contributed by atoms with Crippen LogP contribution in [0.4, 0.5) is 0 Å². The van der Waals surface area contributed by atoms with Gasteiger partial charge in [-0.2, -0.15) is 0 Å². The van der Waals surface area contributed by atoms with Gasteiger partial charge in [-0.15, -0.1) is 0 Å². The van der Waals surface area contributed by atoms with Gasteiger partial charge in [-0.25, -0.2) is 0 Å². The molecule has 26 heavy (non-hydrogen) atoms. The molecule has 1 atom stereocenters. The molecule has 2 aliphatic heterocycles. The van der Waals surface area contributed by atoms with E-state index in [2.05, 4.69) is 10.2 Å². The van der Waals surface area contributed by atoms with Crippen molar-refractivity contribution in [1.82, 2.24) is 15.1 Å². The zero-order chi connectivity index (χ0) is 18.0. The SMILES string of the molecule is O=C1C(N2CCOCC2)CCN1CCNC(=O)C1(c2ccccc2)CC1. The van der Waals surface area contributed by atoms with Crippen molar-refractivity contribution in [3.63, 3.8) is 0 Å². The van der Waals surface area contributed by atoms with Gasteiger partial charge in [0.2, 0.25) is 11.8 Å². The van der Waals surface area contributed by atoms with E-state index in [1.54, 1.807) is 0 Å². The minimum Gasteiger partial charge on any atom is -0.379 e. The van der Waals surface area contributed by atoms with E-state index >= 15 is 0 Å². The molecule has 0 spiro atoms. The summed E-state index contributed by atoms with van der Waals surface area (Å²) in [6, 6.07) is 10.00. The number of nitrogens with zero attached hydrogens (tertiary/aromatic N) is 2. The summed E-state index contributed by atoms with van der Waals surface area (Å²) < 4.78 is 5.37. The van der Waals surface area contributed by atoms with Crippen LogP contribution in [0.2, 0.25) is 0 Å². The van der Waals surface area contributed by atoms with E-state index in [1.807, 2.05) is 35.2 Å². The van der Waals surface area contributed by atoms with Crippen LogP contribution < -0.4 is 5.32 Å². The molecular weight excluding hydrogens is 330 g/mol. The Morgan fingerprint density at radius 3 is 2.58 bits per heavy atom. The number of carbonyl (C=O) groups excluding carboxylic acids is 2. The first-order valence-corrected chi connectivity index (χ1v) is 9.65. The molecule has 0 aromatic heterocycles. The summed E-state index contributed by atoms with van der Waals surface area (Å²) in [4.78, 5) is 29.4. The maximum atomic E-state index is 12.7. The molecule has 0 radical (unpaired) electrons. The van der Waals surface area contributed by atoms with Gasteiger partial charge in [-0.3, -0.25) is 14.5 Å². The summed E-state index contributed by atoms with van der Waals surface area (Å²) in [7, 11) is 0. The molecule has 1 aliphatic carbocycles. The van der Waals surface area contributed by atoms with E-state index in [1.165, 1.54) is 0 Å². The van der Waals surface area contributed by atoms with Gasteiger partial charge in [-0.1, -0.05) is 30.3 Å². The normalized spacial score (nSPS) is 25.3. The predicted octanol–water partition coefficient (Wildman–Crippen LogP) is 0.768. The molecule has 140 valence electrons. The average molecular weight is 357 g/mol. The van der Waals surface area contributed by atoms with Crippen LogP contribution in [0.5, 0.6) is 0 Å². The van der Waals surface area contributed by atoms with Crippen LogP contribution in [-0.4, -0.2) is 73.6 Å². The summed E-state index contributed by atoms with van der Waals surface area (Å²) in [6.45, 7) is 4.98. The van der Waals surface area contributed by atoms with Gasteiger partial charge in [0.05, 0.1) is 24.7 Å². The van der Waals surface area contributed by atoms with Gasteiger partial charge in [0.25, 0.3) is 0 Å². The summed E-state index contributed by atoms with van der Waals surface area (Å²) in [5, 5.41) is 3.06. The fourth-order valence-electron chi connectivity index (χ4n) is 4.18. The van der Waals surface area contributed by atoms with Crippen molar-refractivity contribution in [1.29, 1.82) is 0 Å². The fraction of sp³-hybridized carbons (Fsp3) is 0.600. The molecule has 1 aromatic rings. The van der Waals surface area contributed by atoms with Crippen LogP contribution in [0.1, 0.15) is 24.8 Å². The van der Waals surface area contributed by atoms with Crippen molar-refractivity contribution in [2.75, 3.05) is 45.9 Å². The predicted molar refractivity (Wildman–Crippen MR) is 97.7 cm³/mol. The zero-order valence-corrected chi connectivity index (χ0v) is 15.2. The maximum absolute atomic E-state index is 12.7. The summed E-state index contributed by atoms with van der Waals surface area (Å²) in [5.41, 5.74) is 0.759. The quantitative estimate of drug-likeness (QED) is 0.817. The Hall–Kier alpha value is -1.92. The van der Waals surface area contributed by atoms with Crippen LogP contribution in [-0.2, 0) is 19.7 Å². The highest BCUT2D eigenvalue weighted by atomic mass is 16.5. The van der Waals surface area contributed by atoms with Crippen molar-refractivity contribution in [3.8, 4) is 0 Å². The number of morpholine rings is 1. The number of rotatable bonds is 6. The number of nitrogens with one attached hydrogen (secondary N) is 1. The van der Waals surface area contributed by atoms with Crippen molar-refractivity contribution in [2.24, 2.45) is 0 Å². The average Bonchev–Trinajstić information content (AvgIpc) is 3.43. The highest BCUT2D eigenvalue weighted by Crippen LogP contribution is 2.48. The van der Waals surface area contributed by atoms with Gasteiger partial charge < -0.3 is 15.0 Å². The Balaban J connectivity index is 1.26. The summed E-state index contributed by atoms with van der Waals surface area (Å²) in [5.74, 6) is 0.297. The first-order chi connectivity index (χ1) is 12.7. The molecule has 1 saturated carbocycles. The standard InChI is InChI=1S/C20H27N3O3/c24-18-17(22-12-14-26-15-13-22)6-10-23(18)11-9-21-19(25)20(7-8-20)16-4-2-1-3-5-16/h1-5,17H,6-15H2,(H,21,25). The molecule has 6 nitrogen and oxygen atoms in total. The highest BCUT2D eigenvalue weighted by Gasteiger charge is 2.51. The van der Waals surface area contributed by atoms with Gasteiger partial charge in [0, 0.05) is 32.7 Å². The van der Waals surface area contributed by atoms with Crippen LogP contribution >= 0.6 is 0 Å². The number of hydrogen-bond acceptors (Lipinski definition) is 4. The van der Waals surface area contributed by atoms with E-state index in [4.69, 9.17) is 4.74 Å². The molecule has 2 heterocycles. The first-order valence-electron chi connectivity index (χ1n) is 9.65. The monoisotopic (exact) mass is 357 g/mol. The molecule has 2 amide bonds. The Kier molecular flexibility index (Phi) is 4.96. The molecule has 3 fully saturated rings. The zero-order valence-electron chi connectivity index (χ0n) is 15.2. The van der Waals surface area contributed by atoms with E-state index in [0.29, 0.717) is 26.3 Å². The number of likely N-dealkylation sites (tertiary alicyclic amines) is 1. The molecule has 1 N–H and O–H groups in total. The first kappa shape index (κ1) is 17.5. The largest absolute Gasteiger partial charge is 0.379 e. The number of amides is 2. The van der Waals surface area contributed by atoms with Crippen LogP contribution in [0.15, 0.2) is 30.3 Å². The smallest absolute Gasteiger partial charge is 0.240 e. The lowest BCUT2D eigenvalue weighted by Crippen LogP contribution is -2.48. The molecule has 2 saturated heterocycles. The number of benzene rings is 1. The molecule has 0 bridgehead atoms. The van der Waals surface area contributed by atoms with Crippen molar-refractivity contribution in [3.05, 3.63) is 35.9 Å². The molecule has 1 unspecified atom stereocenters. The van der Waals surface area contributed by atoms with E-state index in [9.17, 15) is 9.59 Å². The molecule has 4 rings (SSSR count). The van der Waals surface area contributed by atoms with Crippen LogP contribution in [0.25, 0.3) is 0 Å². The Bertz CT molecular complexity index is 654. The lowest BCUT2D eigenvalue weighted by molar-refractivity contribution is -0.134. The van der Waals surface area contributed by atoms with Crippen LogP contribution in [0.3, 0.4) is 0 Å². The van der Waals surface area contributed by atoms with Crippen LogP contribution in [0, 0.1) is 0 Å². The minimum absolute atomic E-state index is 0.00584. The Morgan fingerprint density at radius 2 is 1.88 bits per heavy atom. The number of ether oxygens (including phenoxy) is 1. The fourth-order valence-corrected chi connectivity index (χ4v) is 4.18. The second kappa shape index (κ2) is 7.37. The van der Waals surface area contributed by atoms with Gasteiger partial charge >= 0.3 is 0 Å². The lowest BCUT2D eigenvalue weighted by atomic mass is 9.95. The highest BCUT2D eigenvalue weighted by molar-refractivity contribution is 5.91. The Labute approximate surface area is 154 Å². The van der Waals surface area contributed by atoms with Crippen molar-refractivity contribution < 1.29 is 14.3 Å². The third kappa shape index (κ3) is 3.35. The van der Waals surface area contributed by atoms with E-state index < -0.39 is 0 Å². The summed E-state index contributed by atoms with van der Waals surface area (Å²) >= 11 is 0. The number of carbonyl (C=O) groups is 2. The Morgan fingerprint density at radius 1 is 1.15 bits per heavy atom. The number of hydrogen-bond donors (Lipinski definition) is 1. The lowest BCUT2D eigenvalue weighted by Gasteiger charge is -2.31. The van der Waals surface area contributed by atoms with Gasteiger partial charge in [-0.05, 0) is 24.8 Å². The third-order valence-corrected chi connectivity index (χ3v) is 5.93. The molecule has 1 aromatic carbocycles. The van der Waals surface area contributed by atoms with E-state index in [-0.39, 0.29) is 23.3 Å². The van der Waals surface area contributed by atoms with Crippen molar-refractivity contribution in [2.45, 2.75) is 30.7 Å². The molecule has 6 heteroatoms. The van der Waals surface area contributed by atoms with Gasteiger partial charge in [0.1, 0.15) is 0 Å².